The second-order valence-corrected chi connectivity index (χ2v) is 9.93. The number of pyridine rings is 1. The predicted molar refractivity (Wildman–Crippen MR) is 133 cm³/mol. The number of ether oxygens (including phenoxy) is 2. The second kappa shape index (κ2) is 11.4. The first-order valence-corrected chi connectivity index (χ1v) is 12.7. The predicted octanol–water partition coefficient (Wildman–Crippen LogP) is 3.40. The minimum absolute atomic E-state index is 0.0557. The summed E-state index contributed by atoms with van der Waals surface area (Å²) in [5.74, 6) is -2.51. The highest BCUT2D eigenvalue weighted by Gasteiger charge is 2.36. The van der Waals surface area contributed by atoms with Crippen LogP contribution in [0.15, 0.2) is 29.2 Å². The SMILES string of the molecule is CCOCCOC[C@H]1CN(C(C)C)C(=O)c2c(O)c(=O)c(-c3nnc(Cc4ccc(F)cc4F)s3)cn21. The van der Waals surface area contributed by atoms with Gasteiger partial charge in [-0.15, -0.1) is 10.2 Å². The number of carbonyl (C=O) groups excluding carboxylic acids is 1. The Bertz CT molecular complexity index is 1340. The normalized spacial score (nSPS) is 15.5. The van der Waals surface area contributed by atoms with Crippen LogP contribution in [0.25, 0.3) is 10.6 Å². The van der Waals surface area contributed by atoms with E-state index < -0.39 is 28.7 Å². The van der Waals surface area contributed by atoms with Crippen molar-refractivity contribution in [2.75, 3.05) is 33.0 Å². The summed E-state index contributed by atoms with van der Waals surface area (Å²) in [5, 5.41) is 19.6. The maximum atomic E-state index is 14.1. The quantitative estimate of drug-likeness (QED) is 0.398. The lowest BCUT2D eigenvalue weighted by Gasteiger charge is -2.38. The minimum Gasteiger partial charge on any atom is -0.503 e. The number of carbonyl (C=O) groups is 1. The summed E-state index contributed by atoms with van der Waals surface area (Å²) < 4.78 is 39.9. The zero-order valence-corrected chi connectivity index (χ0v) is 21.6. The van der Waals surface area contributed by atoms with Crippen molar-refractivity contribution in [2.45, 2.75) is 39.3 Å². The smallest absolute Gasteiger partial charge is 0.274 e. The molecule has 0 spiro atoms. The number of benzene rings is 1. The third-order valence-electron chi connectivity index (χ3n) is 6.04. The molecule has 12 heteroatoms. The Kier molecular flexibility index (Phi) is 8.30. The van der Waals surface area contributed by atoms with Crippen molar-refractivity contribution in [1.82, 2.24) is 19.7 Å². The monoisotopic (exact) mass is 534 g/mol. The number of rotatable bonds is 10. The van der Waals surface area contributed by atoms with Crippen LogP contribution in [0.2, 0.25) is 0 Å². The number of hydrogen-bond acceptors (Lipinski definition) is 8. The molecule has 1 aromatic carbocycles. The summed E-state index contributed by atoms with van der Waals surface area (Å²) in [4.78, 5) is 27.9. The molecule has 1 aliphatic heterocycles. The fourth-order valence-electron chi connectivity index (χ4n) is 4.13. The Balaban J connectivity index is 1.67. The number of aromatic hydroxyl groups is 1. The van der Waals surface area contributed by atoms with E-state index in [0.717, 1.165) is 23.5 Å². The van der Waals surface area contributed by atoms with Crippen LogP contribution < -0.4 is 5.43 Å². The van der Waals surface area contributed by atoms with Gasteiger partial charge in [-0.05, 0) is 32.4 Å². The molecular weight excluding hydrogens is 506 g/mol. The third-order valence-corrected chi connectivity index (χ3v) is 6.99. The van der Waals surface area contributed by atoms with Gasteiger partial charge in [0.1, 0.15) is 16.6 Å². The van der Waals surface area contributed by atoms with Gasteiger partial charge in [-0.1, -0.05) is 17.4 Å². The average Bonchev–Trinajstić information content (AvgIpc) is 3.32. The molecule has 37 heavy (non-hydrogen) atoms. The molecule has 4 rings (SSSR count). The Morgan fingerprint density at radius 3 is 2.65 bits per heavy atom. The van der Waals surface area contributed by atoms with E-state index in [2.05, 4.69) is 10.2 Å². The van der Waals surface area contributed by atoms with Gasteiger partial charge in [-0.25, -0.2) is 8.78 Å². The van der Waals surface area contributed by atoms with Crippen molar-refractivity contribution in [3.05, 3.63) is 62.5 Å². The zero-order chi connectivity index (χ0) is 26.7. The maximum absolute atomic E-state index is 14.1. The molecule has 2 aromatic heterocycles. The minimum atomic E-state index is -0.753. The average molecular weight is 535 g/mol. The zero-order valence-electron chi connectivity index (χ0n) is 20.7. The molecule has 198 valence electrons. The van der Waals surface area contributed by atoms with Crippen molar-refractivity contribution in [2.24, 2.45) is 0 Å². The fourth-order valence-corrected chi connectivity index (χ4v) is 5.00. The summed E-state index contributed by atoms with van der Waals surface area (Å²) in [6.45, 7) is 7.50. The first-order chi connectivity index (χ1) is 17.7. The molecule has 1 atom stereocenters. The Morgan fingerprint density at radius 2 is 1.95 bits per heavy atom. The van der Waals surface area contributed by atoms with Gasteiger partial charge in [0, 0.05) is 37.9 Å². The number of fused-ring (bicyclic) bond motifs is 1. The highest BCUT2D eigenvalue weighted by molar-refractivity contribution is 7.14. The van der Waals surface area contributed by atoms with E-state index in [4.69, 9.17) is 9.47 Å². The van der Waals surface area contributed by atoms with Crippen molar-refractivity contribution in [3.63, 3.8) is 0 Å². The Labute approximate surface area is 216 Å². The summed E-state index contributed by atoms with van der Waals surface area (Å²) in [5.41, 5.74) is -0.561. The molecule has 0 unspecified atom stereocenters. The van der Waals surface area contributed by atoms with Crippen LogP contribution in [0.5, 0.6) is 5.75 Å². The van der Waals surface area contributed by atoms with Gasteiger partial charge < -0.3 is 24.0 Å². The fraction of sp³-hybridized carbons (Fsp3) is 0.440. The number of nitrogens with zero attached hydrogens (tertiary/aromatic N) is 4. The summed E-state index contributed by atoms with van der Waals surface area (Å²) in [6.07, 6.45) is 1.55. The van der Waals surface area contributed by atoms with Gasteiger partial charge >= 0.3 is 0 Å². The molecule has 1 N–H and O–H groups in total. The lowest BCUT2D eigenvalue weighted by Crippen LogP contribution is -2.48. The largest absolute Gasteiger partial charge is 0.503 e. The van der Waals surface area contributed by atoms with E-state index in [1.807, 2.05) is 20.8 Å². The number of halogens is 2. The van der Waals surface area contributed by atoms with Crippen molar-refractivity contribution in [1.29, 1.82) is 0 Å². The van der Waals surface area contributed by atoms with Gasteiger partial charge in [0.25, 0.3) is 5.91 Å². The first kappa shape index (κ1) is 26.8. The Morgan fingerprint density at radius 1 is 1.19 bits per heavy atom. The van der Waals surface area contributed by atoms with Gasteiger partial charge in [0.05, 0.1) is 31.4 Å². The van der Waals surface area contributed by atoms with E-state index in [0.29, 0.717) is 31.4 Å². The van der Waals surface area contributed by atoms with E-state index in [1.54, 1.807) is 9.47 Å². The summed E-state index contributed by atoms with van der Waals surface area (Å²) in [6, 6.07) is 2.75. The standard InChI is InChI=1S/C25H28F2N4O5S/c1-4-35-7-8-36-13-17-11-30(14(2)3)25(34)21-23(33)22(32)18(12-31(17)21)24-29-28-20(37-24)9-15-5-6-16(26)10-19(15)27/h5-6,10,12,14,17,33H,4,7-9,11,13H2,1-3H3/t17-/m1/s1. The van der Waals surface area contributed by atoms with E-state index in [9.17, 15) is 23.5 Å². The number of aromatic nitrogens is 3. The molecule has 0 fully saturated rings. The summed E-state index contributed by atoms with van der Waals surface area (Å²) in [7, 11) is 0. The van der Waals surface area contributed by atoms with E-state index in [-0.39, 0.29) is 46.9 Å². The molecule has 3 aromatic rings. The number of amides is 1. The molecule has 0 radical (unpaired) electrons. The van der Waals surface area contributed by atoms with Crippen LogP contribution in [-0.4, -0.2) is 69.7 Å². The van der Waals surface area contributed by atoms with E-state index in [1.165, 1.54) is 12.3 Å². The van der Waals surface area contributed by atoms with Crippen molar-refractivity contribution >= 4 is 17.2 Å². The molecule has 0 saturated heterocycles. The van der Waals surface area contributed by atoms with Crippen LogP contribution >= 0.6 is 11.3 Å². The van der Waals surface area contributed by atoms with Crippen molar-refractivity contribution < 1.29 is 28.2 Å². The van der Waals surface area contributed by atoms with Crippen LogP contribution in [-0.2, 0) is 15.9 Å². The van der Waals surface area contributed by atoms with E-state index >= 15 is 0 Å². The molecule has 1 aliphatic rings. The number of hydrogen-bond donors (Lipinski definition) is 1. The van der Waals surface area contributed by atoms with Gasteiger partial charge in [0.2, 0.25) is 5.43 Å². The van der Waals surface area contributed by atoms with Crippen LogP contribution in [0, 0.1) is 11.6 Å². The Hall–Kier alpha value is -3.22. The molecule has 9 nitrogen and oxygen atoms in total. The summed E-state index contributed by atoms with van der Waals surface area (Å²) >= 11 is 1.05. The third kappa shape index (κ3) is 5.71. The maximum Gasteiger partial charge on any atom is 0.274 e. The van der Waals surface area contributed by atoms with Crippen LogP contribution in [0.4, 0.5) is 8.78 Å². The van der Waals surface area contributed by atoms with Gasteiger partial charge in [0.15, 0.2) is 16.5 Å². The molecule has 0 saturated carbocycles. The molecule has 3 heterocycles. The highest BCUT2D eigenvalue weighted by atomic mass is 32.1. The van der Waals surface area contributed by atoms with Crippen LogP contribution in [0.1, 0.15) is 47.9 Å². The van der Waals surface area contributed by atoms with Crippen LogP contribution in [0.3, 0.4) is 0 Å². The lowest BCUT2D eigenvalue weighted by atomic mass is 10.1. The lowest BCUT2D eigenvalue weighted by molar-refractivity contribution is 0.0226. The van der Waals surface area contributed by atoms with Crippen molar-refractivity contribution in [3.8, 4) is 16.3 Å². The molecule has 0 bridgehead atoms. The topological polar surface area (TPSA) is 107 Å². The molecular formula is C25H28F2N4O5S. The highest BCUT2D eigenvalue weighted by Crippen LogP contribution is 2.32. The van der Waals surface area contributed by atoms with Gasteiger partial charge in [-0.3, -0.25) is 9.59 Å². The van der Waals surface area contributed by atoms with Gasteiger partial charge in [-0.2, -0.15) is 0 Å². The molecule has 1 amide bonds. The first-order valence-electron chi connectivity index (χ1n) is 11.9. The molecule has 0 aliphatic carbocycles. The second-order valence-electron chi connectivity index (χ2n) is 8.87.